The first-order chi connectivity index (χ1) is 10.0. The molecule has 0 radical (unpaired) electrons. The average molecular weight is 286 g/mol. The second kappa shape index (κ2) is 6.28. The molecule has 0 aliphatic heterocycles. The van der Waals surface area contributed by atoms with Gasteiger partial charge in [-0.15, -0.1) is 0 Å². The van der Waals surface area contributed by atoms with Crippen LogP contribution in [0.3, 0.4) is 0 Å². The molecule has 0 heterocycles. The Hall–Kier alpha value is -2.53. The van der Waals surface area contributed by atoms with E-state index in [9.17, 15) is 9.90 Å². The van der Waals surface area contributed by atoms with E-state index in [0.717, 1.165) is 5.56 Å². The van der Waals surface area contributed by atoms with Gasteiger partial charge in [-0.25, -0.2) is 0 Å². The van der Waals surface area contributed by atoms with E-state index in [-0.39, 0.29) is 11.7 Å². The Bertz CT molecular complexity index is 669. The smallest absolute Gasteiger partial charge is 0.255 e. The molecule has 5 heteroatoms. The number of phenols is 1. The van der Waals surface area contributed by atoms with Crippen molar-refractivity contribution in [2.75, 3.05) is 12.4 Å². The van der Waals surface area contributed by atoms with E-state index in [1.807, 2.05) is 6.07 Å². The zero-order valence-electron chi connectivity index (χ0n) is 12.0. The maximum Gasteiger partial charge on any atom is 0.255 e. The summed E-state index contributed by atoms with van der Waals surface area (Å²) in [6.07, 6.45) is 0. The zero-order valence-corrected chi connectivity index (χ0v) is 12.0. The molecule has 0 saturated heterocycles. The van der Waals surface area contributed by atoms with Gasteiger partial charge in [0.05, 0.1) is 12.8 Å². The molecule has 1 amide bonds. The highest BCUT2D eigenvalue weighted by atomic mass is 16.5. The molecule has 2 aromatic rings. The minimum Gasteiger partial charge on any atom is -0.508 e. The van der Waals surface area contributed by atoms with Crippen molar-refractivity contribution in [3.63, 3.8) is 0 Å². The summed E-state index contributed by atoms with van der Waals surface area (Å²) in [6.45, 7) is 2.14. The van der Waals surface area contributed by atoms with Crippen LogP contribution in [0.25, 0.3) is 0 Å². The van der Waals surface area contributed by atoms with Gasteiger partial charge in [0, 0.05) is 12.1 Å². The number of aryl methyl sites for hydroxylation is 1. The summed E-state index contributed by atoms with van der Waals surface area (Å²) in [5, 5.41) is 12.3. The van der Waals surface area contributed by atoms with Crippen molar-refractivity contribution >= 4 is 11.6 Å². The van der Waals surface area contributed by atoms with E-state index in [4.69, 9.17) is 10.5 Å². The van der Waals surface area contributed by atoms with Crippen molar-refractivity contribution in [3.8, 4) is 11.5 Å². The fourth-order valence-electron chi connectivity index (χ4n) is 1.96. The van der Waals surface area contributed by atoms with Gasteiger partial charge in [0.25, 0.3) is 5.91 Å². The van der Waals surface area contributed by atoms with Crippen LogP contribution in [0, 0.1) is 6.92 Å². The summed E-state index contributed by atoms with van der Waals surface area (Å²) in [5.41, 5.74) is 8.19. The number of aromatic hydroxyl groups is 1. The number of nitrogens with two attached hydrogens (primary N) is 1. The number of rotatable bonds is 4. The summed E-state index contributed by atoms with van der Waals surface area (Å²) in [5.74, 6) is 0.454. The van der Waals surface area contributed by atoms with Gasteiger partial charge in [-0.05, 0) is 48.4 Å². The molecule has 0 spiro atoms. The number of carbonyl (C=O) groups excluding carboxylic acids is 1. The number of phenolic OH excluding ortho intramolecular Hbond substituents is 1. The van der Waals surface area contributed by atoms with Crippen LogP contribution in [-0.2, 0) is 6.54 Å². The van der Waals surface area contributed by atoms with Crippen LogP contribution in [0.2, 0.25) is 0 Å². The third-order valence-corrected chi connectivity index (χ3v) is 3.21. The lowest BCUT2D eigenvalue weighted by Crippen LogP contribution is -2.13. The average Bonchev–Trinajstić information content (AvgIpc) is 2.50. The van der Waals surface area contributed by atoms with Crippen molar-refractivity contribution in [2.24, 2.45) is 5.73 Å². The Labute approximate surface area is 123 Å². The van der Waals surface area contributed by atoms with E-state index in [1.165, 1.54) is 13.2 Å². The predicted molar refractivity (Wildman–Crippen MR) is 81.7 cm³/mol. The second-order valence-corrected chi connectivity index (χ2v) is 4.69. The molecule has 2 aromatic carbocycles. The minimum absolute atomic E-state index is 0.163. The van der Waals surface area contributed by atoms with Crippen LogP contribution < -0.4 is 15.8 Å². The SMILES string of the molecule is COc1cc(CN)ccc1NC(=O)c1ccc(O)c(C)c1. The van der Waals surface area contributed by atoms with Crippen molar-refractivity contribution in [2.45, 2.75) is 13.5 Å². The number of anilines is 1. The lowest BCUT2D eigenvalue weighted by atomic mass is 10.1. The summed E-state index contributed by atoms with van der Waals surface area (Å²) < 4.78 is 5.26. The van der Waals surface area contributed by atoms with Gasteiger partial charge in [-0.3, -0.25) is 4.79 Å². The van der Waals surface area contributed by atoms with Gasteiger partial charge in [-0.2, -0.15) is 0 Å². The molecule has 4 N–H and O–H groups in total. The van der Waals surface area contributed by atoms with Gasteiger partial charge >= 0.3 is 0 Å². The van der Waals surface area contributed by atoms with Gasteiger partial charge in [0.15, 0.2) is 0 Å². The van der Waals surface area contributed by atoms with Crippen LogP contribution in [0.5, 0.6) is 11.5 Å². The fourth-order valence-corrected chi connectivity index (χ4v) is 1.96. The first-order valence-electron chi connectivity index (χ1n) is 6.53. The maximum atomic E-state index is 12.2. The highest BCUT2D eigenvalue weighted by Gasteiger charge is 2.11. The summed E-state index contributed by atoms with van der Waals surface area (Å²) in [7, 11) is 1.54. The van der Waals surface area contributed by atoms with E-state index >= 15 is 0 Å². The number of hydrogen-bond acceptors (Lipinski definition) is 4. The number of benzene rings is 2. The maximum absolute atomic E-state index is 12.2. The molecule has 0 unspecified atom stereocenters. The van der Waals surface area contributed by atoms with Crippen molar-refractivity contribution in [1.29, 1.82) is 0 Å². The Balaban J connectivity index is 2.24. The van der Waals surface area contributed by atoms with Crippen LogP contribution in [0.1, 0.15) is 21.5 Å². The Morgan fingerprint density at radius 1 is 1.29 bits per heavy atom. The van der Waals surface area contributed by atoms with Gasteiger partial charge in [0.1, 0.15) is 11.5 Å². The normalized spacial score (nSPS) is 10.2. The van der Waals surface area contributed by atoms with Crippen LogP contribution in [0.4, 0.5) is 5.69 Å². The molecule has 21 heavy (non-hydrogen) atoms. The van der Waals surface area contributed by atoms with Crippen molar-refractivity contribution in [1.82, 2.24) is 0 Å². The molecule has 0 aliphatic rings. The fraction of sp³-hybridized carbons (Fsp3) is 0.188. The lowest BCUT2D eigenvalue weighted by molar-refractivity contribution is 0.102. The molecule has 0 aliphatic carbocycles. The monoisotopic (exact) mass is 286 g/mol. The topological polar surface area (TPSA) is 84.6 Å². The predicted octanol–water partition coefficient (Wildman–Crippen LogP) is 2.42. The van der Waals surface area contributed by atoms with Crippen LogP contribution in [-0.4, -0.2) is 18.1 Å². The number of carbonyl (C=O) groups is 1. The van der Waals surface area contributed by atoms with E-state index in [0.29, 0.717) is 29.1 Å². The lowest BCUT2D eigenvalue weighted by Gasteiger charge is -2.12. The number of ether oxygens (including phenoxy) is 1. The van der Waals surface area contributed by atoms with Crippen LogP contribution >= 0.6 is 0 Å². The molecule has 110 valence electrons. The van der Waals surface area contributed by atoms with E-state index < -0.39 is 0 Å². The third kappa shape index (κ3) is 3.32. The molecule has 0 aromatic heterocycles. The quantitative estimate of drug-likeness (QED) is 0.806. The van der Waals surface area contributed by atoms with Gasteiger partial charge in [0.2, 0.25) is 0 Å². The molecular weight excluding hydrogens is 268 g/mol. The summed E-state index contributed by atoms with van der Waals surface area (Å²) in [4.78, 5) is 12.2. The first-order valence-corrected chi connectivity index (χ1v) is 6.53. The van der Waals surface area contributed by atoms with Crippen molar-refractivity contribution in [3.05, 3.63) is 53.1 Å². The first kappa shape index (κ1) is 14.9. The molecule has 2 rings (SSSR count). The number of amides is 1. The summed E-state index contributed by atoms with van der Waals surface area (Å²) in [6, 6.07) is 10.1. The van der Waals surface area contributed by atoms with Crippen molar-refractivity contribution < 1.29 is 14.6 Å². The number of hydrogen-bond donors (Lipinski definition) is 3. The largest absolute Gasteiger partial charge is 0.508 e. The van der Waals surface area contributed by atoms with E-state index in [1.54, 1.807) is 31.2 Å². The standard InChI is InChI=1S/C16H18N2O3/c1-10-7-12(4-6-14(10)19)16(20)18-13-5-3-11(9-17)8-15(13)21-2/h3-8,19H,9,17H2,1-2H3,(H,18,20). The molecular formula is C16H18N2O3. The minimum atomic E-state index is -0.267. The van der Waals surface area contributed by atoms with Crippen LogP contribution in [0.15, 0.2) is 36.4 Å². The number of nitrogens with one attached hydrogen (secondary N) is 1. The Morgan fingerprint density at radius 2 is 2.05 bits per heavy atom. The van der Waals surface area contributed by atoms with E-state index in [2.05, 4.69) is 5.32 Å². The van der Waals surface area contributed by atoms with Gasteiger partial charge in [-0.1, -0.05) is 6.07 Å². The second-order valence-electron chi connectivity index (χ2n) is 4.69. The zero-order chi connectivity index (χ0) is 15.4. The molecule has 0 saturated carbocycles. The Kier molecular flexibility index (Phi) is 4.45. The summed E-state index contributed by atoms with van der Waals surface area (Å²) >= 11 is 0. The third-order valence-electron chi connectivity index (χ3n) is 3.21. The Morgan fingerprint density at radius 3 is 2.67 bits per heavy atom. The van der Waals surface area contributed by atoms with Gasteiger partial charge < -0.3 is 20.9 Å². The highest BCUT2D eigenvalue weighted by Crippen LogP contribution is 2.26. The molecule has 0 atom stereocenters. The molecule has 5 nitrogen and oxygen atoms in total. The molecule has 0 fully saturated rings. The molecule has 0 bridgehead atoms. The number of methoxy groups -OCH3 is 1. The highest BCUT2D eigenvalue weighted by molar-refractivity contribution is 6.05.